The first-order valence-electron chi connectivity index (χ1n) is 4.47. The Balaban J connectivity index is 2.03. The predicted octanol–water partition coefficient (Wildman–Crippen LogP) is 1.64. The zero-order valence-corrected chi connectivity index (χ0v) is 9.43. The van der Waals surface area contributed by atoms with Crippen LogP contribution in [0.25, 0.3) is 0 Å². The van der Waals surface area contributed by atoms with Crippen LogP contribution in [0.5, 0.6) is 0 Å². The van der Waals surface area contributed by atoms with Crippen molar-refractivity contribution in [1.29, 1.82) is 0 Å². The Morgan fingerprint density at radius 2 is 2.50 bits per heavy atom. The average Bonchev–Trinajstić information content (AvgIpc) is 2.80. The number of nitrogens with one attached hydrogen (secondary N) is 1. The molecule has 14 heavy (non-hydrogen) atoms. The molecule has 2 rings (SSSR count). The fourth-order valence-electron chi connectivity index (χ4n) is 1.22. The van der Waals surface area contributed by atoms with E-state index < -0.39 is 0 Å². The molecule has 1 aromatic rings. The molecule has 0 aliphatic heterocycles. The topological polar surface area (TPSA) is 55.1 Å². The van der Waals surface area contributed by atoms with Crippen LogP contribution in [-0.2, 0) is 0 Å². The van der Waals surface area contributed by atoms with Gasteiger partial charge in [-0.15, -0.1) is 0 Å². The van der Waals surface area contributed by atoms with Gasteiger partial charge in [-0.3, -0.25) is 4.79 Å². The lowest BCUT2D eigenvalue weighted by Gasteiger charge is -2.11. The lowest BCUT2D eigenvalue weighted by atomic mass is 10.3. The van der Waals surface area contributed by atoms with Crippen LogP contribution in [0.15, 0.2) is 10.6 Å². The van der Waals surface area contributed by atoms with E-state index in [4.69, 9.17) is 4.52 Å². The Bertz CT molecular complexity index is 357. The third-order valence-corrected chi connectivity index (χ3v) is 3.41. The monoisotopic (exact) mass is 258 g/mol. The first-order valence-corrected chi connectivity index (χ1v) is 5.59. The summed E-state index contributed by atoms with van der Waals surface area (Å²) < 4.78 is 4.87. The standard InChI is InChI=1S/C9H11BrN2O2/c1-6-4-7(14-12-6)8(13)11-9(5-10)2-3-9/h4H,2-3,5H2,1H3,(H,11,13). The van der Waals surface area contributed by atoms with Crippen molar-refractivity contribution in [1.82, 2.24) is 10.5 Å². The minimum Gasteiger partial charge on any atom is -0.351 e. The summed E-state index contributed by atoms with van der Waals surface area (Å²) >= 11 is 3.38. The van der Waals surface area contributed by atoms with Crippen molar-refractivity contribution in [2.45, 2.75) is 25.3 Å². The molecule has 1 amide bonds. The molecule has 0 spiro atoms. The van der Waals surface area contributed by atoms with Crippen LogP contribution in [-0.4, -0.2) is 21.9 Å². The van der Waals surface area contributed by atoms with E-state index >= 15 is 0 Å². The third-order valence-electron chi connectivity index (χ3n) is 2.34. The van der Waals surface area contributed by atoms with E-state index in [1.165, 1.54) is 0 Å². The molecule has 0 bridgehead atoms. The number of carbonyl (C=O) groups is 1. The second-order valence-corrected chi connectivity index (χ2v) is 4.26. The molecule has 1 heterocycles. The van der Waals surface area contributed by atoms with E-state index in [-0.39, 0.29) is 17.2 Å². The quantitative estimate of drug-likeness (QED) is 0.839. The lowest BCUT2D eigenvalue weighted by molar-refractivity contribution is 0.0899. The summed E-state index contributed by atoms with van der Waals surface area (Å²) in [6.45, 7) is 1.79. The highest BCUT2D eigenvalue weighted by molar-refractivity contribution is 9.09. The highest BCUT2D eigenvalue weighted by Gasteiger charge is 2.43. The normalized spacial score (nSPS) is 17.9. The molecule has 0 atom stereocenters. The van der Waals surface area contributed by atoms with E-state index in [1.807, 2.05) is 0 Å². The molecule has 1 saturated carbocycles. The first-order chi connectivity index (χ1) is 6.65. The number of amides is 1. The van der Waals surface area contributed by atoms with Gasteiger partial charge in [-0.05, 0) is 19.8 Å². The number of aryl methyl sites for hydroxylation is 1. The minimum atomic E-state index is -0.178. The fraction of sp³-hybridized carbons (Fsp3) is 0.556. The van der Waals surface area contributed by atoms with Crippen molar-refractivity contribution < 1.29 is 9.32 Å². The molecule has 1 aliphatic carbocycles. The number of hydrogen-bond acceptors (Lipinski definition) is 3. The van der Waals surface area contributed by atoms with Gasteiger partial charge in [0.25, 0.3) is 5.91 Å². The maximum Gasteiger partial charge on any atom is 0.290 e. The van der Waals surface area contributed by atoms with Crippen LogP contribution < -0.4 is 5.32 Å². The number of hydrogen-bond donors (Lipinski definition) is 1. The maximum atomic E-state index is 11.6. The number of nitrogens with zero attached hydrogens (tertiary/aromatic N) is 1. The third kappa shape index (κ3) is 1.82. The molecule has 5 heteroatoms. The summed E-state index contributed by atoms with van der Waals surface area (Å²) in [7, 11) is 0. The predicted molar refractivity (Wildman–Crippen MR) is 54.5 cm³/mol. The molecule has 1 aliphatic rings. The molecule has 0 saturated heterocycles. The fourth-order valence-corrected chi connectivity index (χ4v) is 1.92. The summed E-state index contributed by atoms with van der Waals surface area (Å²) in [6.07, 6.45) is 2.05. The van der Waals surface area contributed by atoms with E-state index in [2.05, 4.69) is 26.4 Å². The molecule has 1 aromatic heterocycles. The summed E-state index contributed by atoms with van der Waals surface area (Å²) in [4.78, 5) is 11.6. The summed E-state index contributed by atoms with van der Waals surface area (Å²) in [6, 6.07) is 1.64. The molecule has 1 N–H and O–H groups in total. The Morgan fingerprint density at radius 1 is 1.79 bits per heavy atom. The number of alkyl halides is 1. The van der Waals surface area contributed by atoms with E-state index in [9.17, 15) is 4.79 Å². The van der Waals surface area contributed by atoms with Gasteiger partial charge in [0, 0.05) is 11.4 Å². The zero-order chi connectivity index (χ0) is 10.2. The van der Waals surface area contributed by atoms with Crippen LogP contribution in [0.4, 0.5) is 0 Å². The van der Waals surface area contributed by atoms with Gasteiger partial charge in [0.2, 0.25) is 5.76 Å². The van der Waals surface area contributed by atoms with Crippen molar-refractivity contribution in [2.75, 3.05) is 5.33 Å². The molecule has 0 radical (unpaired) electrons. The van der Waals surface area contributed by atoms with E-state index in [0.29, 0.717) is 0 Å². The van der Waals surface area contributed by atoms with Gasteiger partial charge in [-0.2, -0.15) is 0 Å². The number of halogens is 1. The van der Waals surface area contributed by atoms with Crippen LogP contribution >= 0.6 is 15.9 Å². The van der Waals surface area contributed by atoms with Gasteiger partial charge in [0.1, 0.15) is 0 Å². The van der Waals surface area contributed by atoms with Gasteiger partial charge >= 0.3 is 0 Å². The summed E-state index contributed by atoms with van der Waals surface area (Å²) in [5.41, 5.74) is 0.677. The second kappa shape index (κ2) is 3.38. The summed E-state index contributed by atoms with van der Waals surface area (Å²) in [5, 5.41) is 7.38. The van der Waals surface area contributed by atoms with Crippen molar-refractivity contribution in [3.05, 3.63) is 17.5 Å². The Kier molecular flexibility index (Phi) is 2.34. The van der Waals surface area contributed by atoms with Crippen LogP contribution in [0.1, 0.15) is 29.1 Å². The van der Waals surface area contributed by atoms with E-state index in [1.54, 1.807) is 13.0 Å². The molecule has 1 fully saturated rings. The molecular formula is C9H11BrN2O2. The largest absolute Gasteiger partial charge is 0.351 e. The van der Waals surface area contributed by atoms with Crippen molar-refractivity contribution in [3.63, 3.8) is 0 Å². The maximum absolute atomic E-state index is 11.6. The van der Waals surface area contributed by atoms with Gasteiger partial charge in [-0.1, -0.05) is 21.1 Å². The first kappa shape index (κ1) is 9.71. The van der Waals surface area contributed by atoms with E-state index in [0.717, 1.165) is 23.9 Å². The SMILES string of the molecule is Cc1cc(C(=O)NC2(CBr)CC2)on1. The second-order valence-electron chi connectivity index (χ2n) is 3.70. The molecule has 0 unspecified atom stereocenters. The molecule has 4 nitrogen and oxygen atoms in total. The highest BCUT2D eigenvalue weighted by Crippen LogP contribution is 2.37. The molecular weight excluding hydrogens is 248 g/mol. The summed E-state index contributed by atoms with van der Waals surface area (Å²) in [5.74, 6) is 0.109. The van der Waals surface area contributed by atoms with Crippen LogP contribution in [0.3, 0.4) is 0 Å². The number of carbonyl (C=O) groups excluding carboxylic acids is 1. The number of rotatable bonds is 3. The Morgan fingerprint density at radius 3 is 2.93 bits per heavy atom. The van der Waals surface area contributed by atoms with Crippen molar-refractivity contribution in [3.8, 4) is 0 Å². The zero-order valence-electron chi connectivity index (χ0n) is 7.84. The van der Waals surface area contributed by atoms with Crippen LogP contribution in [0.2, 0.25) is 0 Å². The van der Waals surface area contributed by atoms with Crippen LogP contribution in [0, 0.1) is 6.92 Å². The smallest absolute Gasteiger partial charge is 0.290 e. The minimum absolute atomic E-state index is 0.0439. The van der Waals surface area contributed by atoms with Gasteiger partial charge in [0.15, 0.2) is 0 Å². The van der Waals surface area contributed by atoms with Gasteiger partial charge in [0.05, 0.1) is 11.2 Å². The average molecular weight is 259 g/mol. The molecule has 76 valence electrons. The Labute approximate surface area is 90.2 Å². The lowest BCUT2D eigenvalue weighted by Crippen LogP contribution is -2.37. The molecule has 0 aromatic carbocycles. The highest BCUT2D eigenvalue weighted by atomic mass is 79.9. The van der Waals surface area contributed by atoms with Gasteiger partial charge < -0.3 is 9.84 Å². The number of aromatic nitrogens is 1. The van der Waals surface area contributed by atoms with Crippen molar-refractivity contribution in [2.24, 2.45) is 0 Å². The Hall–Kier alpha value is -0.840. The van der Waals surface area contributed by atoms with Gasteiger partial charge in [-0.25, -0.2) is 0 Å². The van der Waals surface area contributed by atoms with Crippen molar-refractivity contribution >= 4 is 21.8 Å².